The molecule has 1 aromatic rings. The van der Waals surface area contributed by atoms with Crippen LogP contribution in [0.5, 0.6) is 5.75 Å². The van der Waals surface area contributed by atoms with E-state index in [2.05, 4.69) is 6.07 Å². The highest BCUT2D eigenvalue weighted by Crippen LogP contribution is 2.43. The molecule has 1 unspecified atom stereocenters. The molecule has 1 aromatic carbocycles. The van der Waals surface area contributed by atoms with Crippen LogP contribution in [-0.2, 0) is 20.7 Å². The zero-order valence-corrected chi connectivity index (χ0v) is 14.6. The molecule has 4 rings (SSSR count). The molecule has 2 saturated heterocycles. The SMILES string of the molecule is Cc1cc2c(cc1C)OC(C(=O)N1C[C@H]3COCC[C@@]3(C(=O)O)C1)C2. The van der Waals surface area contributed by atoms with Crippen molar-refractivity contribution in [2.75, 3.05) is 26.3 Å². The van der Waals surface area contributed by atoms with E-state index in [-0.39, 0.29) is 18.4 Å². The van der Waals surface area contributed by atoms with Crippen molar-refractivity contribution in [3.8, 4) is 5.75 Å². The molecule has 0 bridgehead atoms. The normalized spacial score (nSPS) is 30.6. The van der Waals surface area contributed by atoms with Crippen molar-refractivity contribution in [2.45, 2.75) is 32.8 Å². The number of hydrogen-bond acceptors (Lipinski definition) is 4. The second-order valence-corrected chi connectivity index (χ2v) is 7.56. The third kappa shape index (κ3) is 2.51. The number of nitrogens with zero attached hydrogens (tertiary/aromatic N) is 1. The first-order valence-corrected chi connectivity index (χ1v) is 8.77. The standard InChI is InChI=1S/C19H23NO5/c1-11-5-13-7-16(25-15(13)6-12(11)2)17(21)20-8-14-9-24-4-3-19(14,10-20)18(22)23/h5-6,14,16H,3-4,7-10H2,1-2H3,(H,22,23)/t14-,16?,19+/m0/s1. The highest BCUT2D eigenvalue weighted by atomic mass is 16.5. The predicted molar refractivity (Wildman–Crippen MR) is 89.6 cm³/mol. The molecule has 1 amide bonds. The van der Waals surface area contributed by atoms with E-state index in [1.54, 1.807) is 4.90 Å². The summed E-state index contributed by atoms with van der Waals surface area (Å²) < 4.78 is 11.4. The number of carboxylic acid groups (broad SMARTS) is 1. The quantitative estimate of drug-likeness (QED) is 0.880. The minimum absolute atomic E-state index is 0.110. The number of likely N-dealkylation sites (tertiary alicyclic amines) is 1. The van der Waals surface area contributed by atoms with Gasteiger partial charge in [0.15, 0.2) is 6.10 Å². The lowest BCUT2D eigenvalue weighted by Crippen LogP contribution is -2.45. The number of rotatable bonds is 2. The second-order valence-electron chi connectivity index (χ2n) is 7.56. The summed E-state index contributed by atoms with van der Waals surface area (Å²) in [6.07, 6.45) is 0.455. The van der Waals surface area contributed by atoms with Gasteiger partial charge in [0.05, 0.1) is 12.0 Å². The molecule has 3 atom stereocenters. The number of carbonyl (C=O) groups is 2. The Morgan fingerprint density at radius 3 is 2.76 bits per heavy atom. The number of fused-ring (bicyclic) bond motifs is 2. The summed E-state index contributed by atoms with van der Waals surface area (Å²) in [6, 6.07) is 4.06. The van der Waals surface area contributed by atoms with Gasteiger partial charge in [0.1, 0.15) is 5.75 Å². The van der Waals surface area contributed by atoms with Gasteiger partial charge in [-0.15, -0.1) is 0 Å². The van der Waals surface area contributed by atoms with E-state index < -0.39 is 17.5 Å². The Balaban J connectivity index is 1.52. The van der Waals surface area contributed by atoms with E-state index in [0.29, 0.717) is 32.6 Å². The van der Waals surface area contributed by atoms with E-state index in [0.717, 1.165) is 16.9 Å². The number of carboxylic acids is 1. The Labute approximate surface area is 146 Å². The van der Waals surface area contributed by atoms with Crippen molar-refractivity contribution in [1.29, 1.82) is 0 Å². The summed E-state index contributed by atoms with van der Waals surface area (Å²) in [4.78, 5) is 26.5. The highest BCUT2D eigenvalue weighted by Gasteiger charge is 2.55. The van der Waals surface area contributed by atoms with Crippen LogP contribution in [0.4, 0.5) is 0 Å². The van der Waals surface area contributed by atoms with Gasteiger partial charge in [0.25, 0.3) is 5.91 Å². The molecular weight excluding hydrogens is 322 g/mol. The van der Waals surface area contributed by atoms with Crippen LogP contribution in [0.3, 0.4) is 0 Å². The van der Waals surface area contributed by atoms with Crippen LogP contribution >= 0.6 is 0 Å². The van der Waals surface area contributed by atoms with Gasteiger partial charge in [0, 0.05) is 32.0 Å². The summed E-state index contributed by atoms with van der Waals surface area (Å²) in [5.74, 6) is -0.301. The van der Waals surface area contributed by atoms with Gasteiger partial charge in [-0.05, 0) is 43.0 Å². The minimum Gasteiger partial charge on any atom is -0.481 e. The lowest BCUT2D eigenvalue weighted by molar-refractivity contribution is -0.157. The van der Waals surface area contributed by atoms with Crippen LogP contribution in [0.2, 0.25) is 0 Å². The van der Waals surface area contributed by atoms with E-state index in [1.165, 1.54) is 5.56 Å². The van der Waals surface area contributed by atoms with Crippen molar-refractivity contribution < 1.29 is 24.2 Å². The Hall–Kier alpha value is -2.08. The number of aliphatic carboxylic acids is 1. The fourth-order valence-corrected chi connectivity index (χ4v) is 4.32. The first kappa shape index (κ1) is 16.4. The van der Waals surface area contributed by atoms with Crippen molar-refractivity contribution in [1.82, 2.24) is 4.90 Å². The molecular formula is C19H23NO5. The van der Waals surface area contributed by atoms with Gasteiger partial charge in [-0.1, -0.05) is 6.07 Å². The lowest BCUT2D eigenvalue weighted by Gasteiger charge is -2.33. The van der Waals surface area contributed by atoms with Gasteiger partial charge in [-0.25, -0.2) is 0 Å². The highest BCUT2D eigenvalue weighted by molar-refractivity contribution is 5.85. The first-order chi connectivity index (χ1) is 11.9. The Bertz CT molecular complexity index is 715. The Morgan fingerprint density at radius 1 is 1.28 bits per heavy atom. The van der Waals surface area contributed by atoms with Crippen LogP contribution in [0.25, 0.3) is 0 Å². The van der Waals surface area contributed by atoms with Crippen LogP contribution in [-0.4, -0.2) is 54.3 Å². The molecule has 0 aromatic heterocycles. The molecule has 6 nitrogen and oxygen atoms in total. The first-order valence-electron chi connectivity index (χ1n) is 8.77. The number of ether oxygens (including phenoxy) is 2. The van der Waals surface area contributed by atoms with E-state index in [4.69, 9.17) is 9.47 Å². The molecule has 3 aliphatic heterocycles. The molecule has 6 heteroatoms. The Kier molecular flexibility index (Phi) is 3.76. The average molecular weight is 345 g/mol. The van der Waals surface area contributed by atoms with Crippen molar-refractivity contribution in [3.05, 3.63) is 28.8 Å². The van der Waals surface area contributed by atoms with Gasteiger partial charge in [-0.2, -0.15) is 0 Å². The Morgan fingerprint density at radius 2 is 2.04 bits per heavy atom. The lowest BCUT2D eigenvalue weighted by atomic mass is 9.74. The number of amides is 1. The van der Waals surface area contributed by atoms with Crippen LogP contribution in [0.15, 0.2) is 12.1 Å². The van der Waals surface area contributed by atoms with Gasteiger partial charge >= 0.3 is 5.97 Å². The molecule has 134 valence electrons. The number of benzene rings is 1. The van der Waals surface area contributed by atoms with Crippen molar-refractivity contribution >= 4 is 11.9 Å². The maximum absolute atomic E-state index is 13.0. The fraction of sp³-hybridized carbons (Fsp3) is 0.579. The van der Waals surface area contributed by atoms with Crippen molar-refractivity contribution in [2.24, 2.45) is 11.3 Å². The molecule has 1 N–H and O–H groups in total. The van der Waals surface area contributed by atoms with Gasteiger partial charge < -0.3 is 19.5 Å². The summed E-state index contributed by atoms with van der Waals surface area (Å²) in [7, 11) is 0. The molecule has 25 heavy (non-hydrogen) atoms. The van der Waals surface area contributed by atoms with Crippen LogP contribution in [0, 0.1) is 25.2 Å². The average Bonchev–Trinajstić information content (AvgIpc) is 3.16. The molecule has 0 spiro atoms. The smallest absolute Gasteiger partial charge is 0.311 e. The summed E-state index contributed by atoms with van der Waals surface area (Å²) in [5.41, 5.74) is 2.51. The van der Waals surface area contributed by atoms with Crippen LogP contribution in [0.1, 0.15) is 23.1 Å². The summed E-state index contributed by atoms with van der Waals surface area (Å²) in [5, 5.41) is 9.74. The number of hydrogen-bond donors (Lipinski definition) is 1. The minimum atomic E-state index is -0.869. The zero-order valence-electron chi connectivity index (χ0n) is 14.6. The third-order valence-corrected chi connectivity index (χ3v) is 6.07. The van der Waals surface area contributed by atoms with Gasteiger partial charge in [-0.3, -0.25) is 9.59 Å². The number of carbonyl (C=O) groups excluding carboxylic acids is 1. The van der Waals surface area contributed by atoms with E-state index in [1.807, 2.05) is 19.9 Å². The third-order valence-electron chi connectivity index (χ3n) is 6.07. The van der Waals surface area contributed by atoms with Gasteiger partial charge in [0.2, 0.25) is 0 Å². The molecule has 0 aliphatic carbocycles. The molecule has 3 aliphatic rings. The predicted octanol–water partition coefficient (Wildman–Crippen LogP) is 1.56. The maximum atomic E-state index is 13.0. The molecule has 2 fully saturated rings. The molecule has 0 radical (unpaired) electrons. The topological polar surface area (TPSA) is 76.1 Å². The molecule has 0 saturated carbocycles. The maximum Gasteiger partial charge on any atom is 0.311 e. The largest absolute Gasteiger partial charge is 0.481 e. The summed E-state index contributed by atoms with van der Waals surface area (Å²) >= 11 is 0. The second kappa shape index (κ2) is 5.73. The molecule has 3 heterocycles. The number of aryl methyl sites for hydroxylation is 2. The van der Waals surface area contributed by atoms with E-state index in [9.17, 15) is 14.7 Å². The van der Waals surface area contributed by atoms with Crippen LogP contribution < -0.4 is 4.74 Å². The van der Waals surface area contributed by atoms with E-state index >= 15 is 0 Å². The van der Waals surface area contributed by atoms with Crippen molar-refractivity contribution in [3.63, 3.8) is 0 Å². The summed E-state index contributed by atoms with van der Waals surface area (Å²) in [6.45, 7) is 5.60. The zero-order chi connectivity index (χ0) is 17.8. The fourth-order valence-electron chi connectivity index (χ4n) is 4.32. The monoisotopic (exact) mass is 345 g/mol.